The molecule has 5 heteroatoms. The van der Waals surface area contributed by atoms with Crippen molar-refractivity contribution in [1.29, 1.82) is 0 Å². The van der Waals surface area contributed by atoms with Gasteiger partial charge in [-0.05, 0) is 32.8 Å². The minimum atomic E-state index is -0.554. The molecule has 0 aliphatic heterocycles. The van der Waals surface area contributed by atoms with E-state index in [0.29, 0.717) is 13.0 Å². The van der Waals surface area contributed by atoms with Crippen molar-refractivity contribution in [1.82, 2.24) is 5.32 Å². The fourth-order valence-electron chi connectivity index (χ4n) is 2.07. The molecule has 0 aliphatic rings. The zero-order chi connectivity index (χ0) is 17.5. The lowest BCUT2D eigenvalue weighted by atomic mass is 10.0. The second-order valence-corrected chi connectivity index (χ2v) is 6.61. The van der Waals surface area contributed by atoms with Gasteiger partial charge in [0, 0.05) is 6.54 Å². The largest absolute Gasteiger partial charge is 0.469 e. The van der Waals surface area contributed by atoms with Crippen LogP contribution < -0.4 is 5.32 Å². The van der Waals surface area contributed by atoms with Crippen molar-refractivity contribution < 1.29 is 19.1 Å². The van der Waals surface area contributed by atoms with Crippen LogP contribution in [-0.4, -0.2) is 37.2 Å². The molecule has 1 aromatic carbocycles. The summed E-state index contributed by atoms with van der Waals surface area (Å²) in [5.74, 6) is -0.959. The summed E-state index contributed by atoms with van der Waals surface area (Å²) >= 11 is 0. The Hall–Kier alpha value is -1.88. The van der Waals surface area contributed by atoms with Gasteiger partial charge in [-0.2, -0.15) is 0 Å². The third-order valence-corrected chi connectivity index (χ3v) is 3.25. The molecule has 1 rings (SSSR count). The third-order valence-electron chi connectivity index (χ3n) is 3.25. The molecule has 1 aromatic rings. The molecule has 5 nitrogen and oxygen atoms in total. The summed E-state index contributed by atoms with van der Waals surface area (Å²) in [6.07, 6.45) is 0.504. The van der Waals surface area contributed by atoms with Gasteiger partial charge in [-0.1, -0.05) is 37.3 Å². The van der Waals surface area contributed by atoms with Crippen LogP contribution in [0.2, 0.25) is 0 Å². The lowest BCUT2D eigenvalue weighted by molar-refractivity contribution is -0.158. The van der Waals surface area contributed by atoms with Gasteiger partial charge in [0.1, 0.15) is 11.6 Å². The minimum absolute atomic E-state index is 0.305. The number of rotatable bonds is 7. The average Bonchev–Trinajstić information content (AvgIpc) is 2.49. The highest BCUT2D eigenvalue weighted by molar-refractivity contribution is 5.77. The quantitative estimate of drug-likeness (QED) is 0.781. The van der Waals surface area contributed by atoms with Crippen LogP contribution in [-0.2, 0) is 25.5 Å². The topological polar surface area (TPSA) is 64.6 Å². The number of carbonyl (C=O) groups excluding carboxylic acids is 2. The third kappa shape index (κ3) is 7.28. The molecule has 128 valence electrons. The van der Waals surface area contributed by atoms with Gasteiger partial charge >= 0.3 is 11.9 Å². The van der Waals surface area contributed by atoms with Crippen molar-refractivity contribution >= 4 is 11.9 Å². The Bertz CT molecular complexity index is 508. The zero-order valence-corrected chi connectivity index (χ0v) is 14.6. The normalized spacial score (nSPS) is 14.0. The number of carbonyl (C=O) groups is 2. The highest BCUT2D eigenvalue weighted by Crippen LogP contribution is 2.12. The summed E-state index contributed by atoms with van der Waals surface area (Å²) < 4.78 is 10.2. The monoisotopic (exact) mass is 321 g/mol. The standard InChI is InChI=1S/C18H27NO4/c1-13(16(20)22-5)12-19-15(17(21)23-18(2,3)4)11-14-9-7-6-8-10-14/h6-10,13,15,19H,11-12H2,1-5H3/t13?,15-/m0/s1. The van der Waals surface area contributed by atoms with Crippen molar-refractivity contribution in [2.24, 2.45) is 5.92 Å². The van der Waals surface area contributed by atoms with E-state index in [9.17, 15) is 9.59 Å². The predicted octanol–water partition coefficient (Wildman–Crippen LogP) is 2.34. The molecule has 23 heavy (non-hydrogen) atoms. The zero-order valence-electron chi connectivity index (χ0n) is 14.6. The van der Waals surface area contributed by atoms with Crippen LogP contribution in [0, 0.1) is 5.92 Å². The predicted molar refractivity (Wildman–Crippen MR) is 89.0 cm³/mol. The molecule has 0 amide bonds. The van der Waals surface area contributed by atoms with Gasteiger partial charge in [-0.15, -0.1) is 0 Å². The van der Waals surface area contributed by atoms with E-state index >= 15 is 0 Å². The van der Waals surface area contributed by atoms with Crippen LogP contribution in [0.15, 0.2) is 30.3 Å². The number of benzene rings is 1. The molecule has 0 fully saturated rings. The smallest absolute Gasteiger partial charge is 0.323 e. The molecular weight excluding hydrogens is 294 g/mol. The van der Waals surface area contributed by atoms with E-state index in [1.807, 2.05) is 51.1 Å². The molecule has 0 saturated heterocycles. The van der Waals surface area contributed by atoms with Gasteiger partial charge in [0.05, 0.1) is 13.0 Å². The fourth-order valence-corrected chi connectivity index (χ4v) is 2.07. The molecule has 0 saturated carbocycles. The summed E-state index contributed by atoms with van der Waals surface area (Å²) in [5, 5.41) is 3.13. The van der Waals surface area contributed by atoms with Gasteiger partial charge in [0.2, 0.25) is 0 Å². The van der Waals surface area contributed by atoms with E-state index < -0.39 is 11.6 Å². The van der Waals surface area contributed by atoms with Crippen LogP contribution in [0.1, 0.15) is 33.3 Å². The average molecular weight is 321 g/mol. The highest BCUT2D eigenvalue weighted by atomic mass is 16.6. The van der Waals surface area contributed by atoms with Crippen LogP contribution in [0.5, 0.6) is 0 Å². The number of ether oxygens (including phenoxy) is 2. The SMILES string of the molecule is COC(=O)C(C)CN[C@@H](Cc1ccccc1)C(=O)OC(C)(C)C. The first kappa shape index (κ1) is 19.2. The Labute approximate surface area is 138 Å². The van der Waals surface area contributed by atoms with Crippen molar-refractivity contribution in [3.63, 3.8) is 0 Å². The Morgan fingerprint density at radius 2 is 1.74 bits per heavy atom. The lowest BCUT2D eigenvalue weighted by Gasteiger charge is -2.25. The number of nitrogens with one attached hydrogen (secondary N) is 1. The first-order chi connectivity index (χ1) is 10.7. The van der Waals surface area contributed by atoms with Gasteiger partial charge < -0.3 is 14.8 Å². The van der Waals surface area contributed by atoms with Crippen molar-refractivity contribution in [2.45, 2.75) is 45.8 Å². The van der Waals surface area contributed by atoms with Crippen molar-refractivity contribution in [2.75, 3.05) is 13.7 Å². The Kier molecular flexibility index (Phi) is 7.23. The van der Waals surface area contributed by atoms with Gasteiger partial charge in [0.25, 0.3) is 0 Å². The summed E-state index contributed by atoms with van der Waals surface area (Å²) in [5.41, 5.74) is 0.475. The number of hydrogen-bond acceptors (Lipinski definition) is 5. The number of esters is 2. The maximum absolute atomic E-state index is 12.4. The van der Waals surface area contributed by atoms with E-state index in [1.165, 1.54) is 7.11 Å². The molecule has 1 N–H and O–H groups in total. The molecular formula is C18H27NO4. The van der Waals surface area contributed by atoms with E-state index in [0.717, 1.165) is 5.56 Å². The summed E-state index contributed by atoms with van der Waals surface area (Å²) in [6.45, 7) is 7.61. The van der Waals surface area contributed by atoms with Gasteiger partial charge in [0.15, 0.2) is 0 Å². The second-order valence-electron chi connectivity index (χ2n) is 6.61. The molecule has 2 atom stereocenters. The van der Waals surface area contributed by atoms with Crippen LogP contribution >= 0.6 is 0 Å². The molecule has 0 spiro atoms. The van der Waals surface area contributed by atoms with Gasteiger partial charge in [-0.3, -0.25) is 9.59 Å². The summed E-state index contributed by atoms with van der Waals surface area (Å²) in [7, 11) is 1.36. The lowest BCUT2D eigenvalue weighted by Crippen LogP contribution is -2.45. The minimum Gasteiger partial charge on any atom is -0.469 e. The molecule has 0 radical (unpaired) electrons. The molecule has 0 heterocycles. The van der Waals surface area contributed by atoms with E-state index in [-0.39, 0.29) is 17.9 Å². The Morgan fingerprint density at radius 1 is 1.13 bits per heavy atom. The second kappa shape index (κ2) is 8.67. The highest BCUT2D eigenvalue weighted by Gasteiger charge is 2.26. The number of hydrogen-bond donors (Lipinski definition) is 1. The van der Waals surface area contributed by atoms with Crippen LogP contribution in [0.3, 0.4) is 0 Å². The fraction of sp³-hybridized carbons (Fsp3) is 0.556. The van der Waals surface area contributed by atoms with Crippen LogP contribution in [0.4, 0.5) is 0 Å². The van der Waals surface area contributed by atoms with Crippen LogP contribution in [0.25, 0.3) is 0 Å². The summed E-state index contributed by atoms with van der Waals surface area (Å²) in [6, 6.07) is 9.20. The Balaban J connectivity index is 2.75. The maximum atomic E-state index is 12.4. The maximum Gasteiger partial charge on any atom is 0.323 e. The molecule has 0 aromatic heterocycles. The molecule has 0 bridgehead atoms. The first-order valence-electron chi connectivity index (χ1n) is 7.81. The molecule has 1 unspecified atom stereocenters. The number of methoxy groups -OCH3 is 1. The summed E-state index contributed by atoms with van der Waals surface area (Å²) in [4.78, 5) is 23.9. The molecule has 0 aliphatic carbocycles. The first-order valence-corrected chi connectivity index (χ1v) is 7.81. The Morgan fingerprint density at radius 3 is 2.26 bits per heavy atom. The van der Waals surface area contributed by atoms with E-state index in [4.69, 9.17) is 9.47 Å². The van der Waals surface area contributed by atoms with E-state index in [2.05, 4.69) is 5.32 Å². The van der Waals surface area contributed by atoms with Crippen molar-refractivity contribution in [3.8, 4) is 0 Å². The van der Waals surface area contributed by atoms with Gasteiger partial charge in [-0.25, -0.2) is 0 Å². The van der Waals surface area contributed by atoms with E-state index in [1.54, 1.807) is 6.92 Å². The van der Waals surface area contributed by atoms with Crippen molar-refractivity contribution in [3.05, 3.63) is 35.9 Å².